The molecule has 3 nitrogen and oxygen atoms in total. The SMILES string of the molecule is C=C(C)CCC(NN)c1cccc2ncccc12. The number of nitrogens with two attached hydrogens (primary N) is 1. The molecule has 0 amide bonds. The topological polar surface area (TPSA) is 50.9 Å². The van der Waals surface area contributed by atoms with Crippen LogP contribution in [-0.2, 0) is 0 Å². The van der Waals surface area contributed by atoms with Gasteiger partial charge in [0.1, 0.15) is 0 Å². The third-order valence-corrected chi connectivity index (χ3v) is 3.12. The number of fused-ring (bicyclic) bond motifs is 1. The molecule has 2 aromatic rings. The Morgan fingerprint density at radius 2 is 2.22 bits per heavy atom. The first-order valence-corrected chi connectivity index (χ1v) is 6.16. The summed E-state index contributed by atoms with van der Waals surface area (Å²) in [5.41, 5.74) is 6.28. The molecular formula is C15H19N3. The number of rotatable bonds is 5. The number of hydrogen-bond donors (Lipinski definition) is 2. The lowest BCUT2D eigenvalue weighted by Gasteiger charge is -2.18. The molecule has 2 rings (SSSR count). The summed E-state index contributed by atoms with van der Waals surface area (Å²) in [7, 11) is 0. The molecule has 0 spiro atoms. The minimum atomic E-state index is 0.134. The molecule has 3 heteroatoms. The molecule has 1 atom stereocenters. The predicted molar refractivity (Wildman–Crippen MR) is 75.9 cm³/mol. The molecule has 3 N–H and O–H groups in total. The highest BCUT2D eigenvalue weighted by atomic mass is 15.2. The van der Waals surface area contributed by atoms with Gasteiger partial charge in [-0.1, -0.05) is 23.8 Å². The fourth-order valence-electron chi connectivity index (χ4n) is 2.15. The van der Waals surface area contributed by atoms with Crippen LogP contribution in [0.1, 0.15) is 31.4 Å². The Labute approximate surface area is 108 Å². The van der Waals surface area contributed by atoms with E-state index in [-0.39, 0.29) is 6.04 Å². The van der Waals surface area contributed by atoms with Crippen molar-refractivity contribution in [3.8, 4) is 0 Å². The maximum Gasteiger partial charge on any atom is 0.0705 e. The van der Waals surface area contributed by atoms with Gasteiger partial charge in [0, 0.05) is 17.6 Å². The Hall–Kier alpha value is -1.71. The maximum atomic E-state index is 5.68. The first kappa shape index (κ1) is 12.7. The van der Waals surface area contributed by atoms with Crippen LogP contribution in [-0.4, -0.2) is 4.98 Å². The molecule has 0 saturated heterocycles. The summed E-state index contributed by atoms with van der Waals surface area (Å²) in [6.07, 6.45) is 3.72. The number of nitrogens with zero attached hydrogens (tertiary/aromatic N) is 1. The van der Waals surface area contributed by atoms with Gasteiger partial charge in [-0.05, 0) is 37.5 Å². The Kier molecular flexibility index (Phi) is 4.07. The Morgan fingerprint density at radius 1 is 1.39 bits per heavy atom. The zero-order chi connectivity index (χ0) is 13.0. The highest BCUT2D eigenvalue weighted by Gasteiger charge is 2.12. The van der Waals surface area contributed by atoms with Crippen molar-refractivity contribution in [3.05, 3.63) is 54.2 Å². The number of aromatic nitrogens is 1. The first-order chi connectivity index (χ1) is 8.72. The summed E-state index contributed by atoms with van der Waals surface area (Å²) in [6.45, 7) is 5.98. The standard InChI is InChI=1S/C15H19N3/c1-11(2)8-9-15(18-16)13-5-3-7-14-12(13)6-4-10-17-14/h3-7,10,15,18H,1,8-9,16H2,2H3. The molecular weight excluding hydrogens is 222 g/mol. The lowest BCUT2D eigenvalue weighted by atomic mass is 9.97. The van der Waals surface area contributed by atoms with E-state index in [2.05, 4.69) is 29.1 Å². The average Bonchev–Trinajstić information content (AvgIpc) is 2.39. The third kappa shape index (κ3) is 2.75. The van der Waals surface area contributed by atoms with Crippen LogP contribution in [0.5, 0.6) is 0 Å². The Morgan fingerprint density at radius 3 is 2.94 bits per heavy atom. The number of pyridine rings is 1. The van der Waals surface area contributed by atoms with E-state index >= 15 is 0 Å². The van der Waals surface area contributed by atoms with Gasteiger partial charge in [-0.2, -0.15) is 0 Å². The maximum absolute atomic E-state index is 5.68. The van der Waals surface area contributed by atoms with E-state index in [9.17, 15) is 0 Å². The molecule has 0 saturated carbocycles. The monoisotopic (exact) mass is 241 g/mol. The molecule has 1 aromatic carbocycles. The van der Waals surface area contributed by atoms with E-state index in [0.29, 0.717) is 0 Å². The summed E-state index contributed by atoms with van der Waals surface area (Å²) >= 11 is 0. The van der Waals surface area contributed by atoms with Crippen molar-refractivity contribution in [1.29, 1.82) is 0 Å². The van der Waals surface area contributed by atoms with Crippen molar-refractivity contribution >= 4 is 10.9 Å². The van der Waals surface area contributed by atoms with Gasteiger partial charge < -0.3 is 0 Å². The van der Waals surface area contributed by atoms with Crippen LogP contribution >= 0.6 is 0 Å². The molecule has 0 fully saturated rings. The number of allylic oxidation sites excluding steroid dienone is 1. The smallest absolute Gasteiger partial charge is 0.0705 e. The highest BCUT2D eigenvalue weighted by molar-refractivity contribution is 5.82. The van der Waals surface area contributed by atoms with Gasteiger partial charge in [-0.15, -0.1) is 6.58 Å². The quantitative estimate of drug-likeness (QED) is 0.480. The fourth-order valence-corrected chi connectivity index (χ4v) is 2.15. The van der Waals surface area contributed by atoms with Crippen LogP contribution in [0, 0.1) is 0 Å². The second-order valence-corrected chi connectivity index (χ2v) is 4.63. The zero-order valence-corrected chi connectivity index (χ0v) is 10.7. The predicted octanol–water partition coefficient (Wildman–Crippen LogP) is 3.10. The number of nitrogens with one attached hydrogen (secondary N) is 1. The molecule has 0 aliphatic heterocycles. The lowest BCUT2D eigenvalue weighted by Crippen LogP contribution is -2.28. The van der Waals surface area contributed by atoms with E-state index in [1.165, 1.54) is 11.1 Å². The van der Waals surface area contributed by atoms with Gasteiger partial charge in [0.15, 0.2) is 0 Å². The highest BCUT2D eigenvalue weighted by Crippen LogP contribution is 2.26. The Balaban J connectivity index is 2.35. The first-order valence-electron chi connectivity index (χ1n) is 6.16. The van der Waals surface area contributed by atoms with Crippen LogP contribution in [0.15, 0.2) is 48.7 Å². The largest absolute Gasteiger partial charge is 0.271 e. The summed E-state index contributed by atoms with van der Waals surface area (Å²) in [5, 5.41) is 1.16. The average molecular weight is 241 g/mol. The molecule has 1 unspecified atom stereocenters. The second kappa shape index (κ2) is 5.76. The van der Waals surface area contributed by atoms with Crippen LogP contribution in [0.3, 0.4) is 0 Å². The summed E-state index contributed by atoms with van der Waals surface area (Å²) in [5.74, 6) is 5.68. The van der Waals surface area contributed by atoms with E-state index in [1.807, 2.05) is 31.3 Å². The minimum Gasteiger partial charge on any atom is -0.271 e. The zero-order valence-electron chi connectivity index (χ0n) is 10.7. The molecule has 0 aliphatic carbocycles. The molecule has 18 heavy (non-hydrogen) atoms. The van der Waals surface area contributed by atoms with E-state index in [4.69, 9.17) is 5.84 Å². The number of hydrogen-bond acceptors (Lipinski definition) is 3. The molecule has 94 valence electrons. The van der Waals surface area contributed by atoms with E-state index in [1.54, 1.807) is 0 Å². The van der Waals surface area contributed by atoms with Gasteiger partial charge in [-0.25, -0.2) is 0 Å². The molecule has 1 heterocycles. The van der Waals surface area contributed by atoms with Crippen molar-refractivity contribution in [2.45, 2.75) is 25.8 Å². The van der Waals surface area contributed by atoms with Gasteiger partial charge in [0.05, 0.1) is 5.52 Å². The van der Waals surface area contributed by atoms with Gasteiger partial charge in [0.25, 0.3) is 0 Å². The van der Waals surface area contributed by atoms with Gasteiger partial charge >= 0.3 is 0 Å². The van der Waals surface area contributed by atoms with Gasteiger partial charge in [0.2, 0.25) is 0 Å². The van der Waals surface area contributed by atoms with Crippen molar-refractivity contribution < 1.29 is 0 Å². The molecule has 0 bridgehead atoms. The fraction of sp³-hybridized carbons (Fsp3) is 0.267. The molecule has 1 aromatic heterocycles. The summed E-state index contributed by atoms with van der Waals surface area (Å²) < 4.78 is 0. The molecule has 0 aliphatic rings. The summed E-state index contributed by atoms with van der Waals surface area (Å²) in [6, 6.07) is 10.3. The van der Waals surface area contributed by atoms with Crippen LogP contribution in [0.2, 0.25) is 0 Å². The van der Waals surface area contributed by atoms with Crippen LogP contribution in [0.25, 0.3) is 10.9 Å². The van der Waals surface area contributed by atoms with Crippen molar-refractivity contribution in [2.24, 2.45) is 5.84 Å². The van der Waals surface area contributed by atoms with Gasteiger partial charge in [-0.3, -0.25) is 16.3 Å². The van der Waals surface area contributed by atoms with E-state index in [0.717, 1.165) is 23.7 Å². The Bertz CT molecular complexity index is 543. The third-order valence-electron chi connectivity index (χ3n) is 3.12. The number of hydrazine groups is 1. The lowest BCUT2D eigenvalue weighted by molar-refractivity contribution is 0.519. The van der Waals surface area contributed by atoms with Crippen molar-refractivity contribution in [3.63, 3.8) is 0 Å². The van der Waals surface area contributed by atoms with Crippen LogP contribution in [0.4, 0.5) is 0 Å². The summed E-state index contributed by atoms with van der Waals surface area (Å²) in [4.78, 5) is 4.37. The van der Waals surface area contributed by atoms with E-state index < -0.39 is 0 Å². The molecule has 0 radical (unpaired) electrons. The minimum absolute atomic E-state index is 0.134. The van der Waals surface area contributed by atoms with Crippen molar-refractivity contribution in [2.75, 3.05) is 0 Å². The number of benzene rings is 1. The normalized spacial score (nSPS) is 12.6. The van der Waals surface area contributed by atoms with Crippen molar-refractivity contribution in [1.82, 2.24) is 10.4 Å². The second-order valence-electron chi connectivity index (χ2n) is 4.63. The van der Waals surface area contributed by atoms with Crippen LogP contribution < -0.4 is 11.3 Å².